The zero-order valence-corrected chi connectivity index (χ0v) is 12.3. The number of aromatic nitrogens is 2. The van der Waals surface area contributed by atoms with Gasteiger partial charge in [-0.25, -0.2) is 4.39 Å². The number of aryl methyl sites for hydroxylation is 1. The molecule has 0 aliphatic carbocycles. The topological polar surface area (TPSA) is 37.8 Å². The van der Waals surface area contributed by atoms with Gasteiger partial charge in [0, 0.05) is 12.6 Å². The maximum atomic E-state index is 13.2. The number of Topliss-reactive ketones (excluding diaryl/α,β-unsaturated/α-hetero) is 1. The van der Waals surface area contributed by atoms with Crippen molar-refractivity contribution in [2.75, 3.05) is 0 Å². The SMILES string of the molecule is CC(=O)CCc1cn(-c2ccc(-c3cccc(F)c3)cc2)[nH]1. The molecule has 0 radical (unpaired) electrons. The summed E-state index contributed by atoms with van der Waals surface area (Å²) in [4.78, 5) is 10.9. The monoisotopic (exact) mass is 296 g/mol. The van der Waals surface area contributed by atoms with Crippen LogP contribution in [-0.4, -0.2) is 15.6 Å². The third kappa shape index (κ3) is 3.17. The molecule has 0 saturated carbocycles. The Kier molecular flexibility index (Phi) is 3.92. The summed E-state index contributed by atoms with van der Waals surface area (Å²) in [6, 6.07) is 14.4. The van der Waals surface area contributed by atoms with Gasteiger partial charge in [-0.2, -0.15) is 0 Å². The van der Waals surface area contributed by atoms with Gasteiger partial charge in [-0.05, 0) is 48.7 Å². The summed E-state index contributed by atoms with van der Waals surface area (Å²) < 4.78 is 15.2. The molecular weight excluding hydrogens is 279 g/mol. The number of hydrogen-bond acceptors (Lipinski definition) is 1. The van der Waals surface area contributed by atoms with Crippen LogP contribution >= 0.6 is 0 Å². The van der Waals surface area contributed by atoms with Crippen LogP contribution in [0.25, 0.3) is 16.8 Å². The molecule has 3 nitrogen and oxygen atoms in total. The average molecular weight is 296 g/mol. The number of carbonyl (C=O) groups is 1. The Morgan fingerprint density at radius 2 is 1.86 bits per heavy atom. The van der Waals surface area contributed by atoms with Crippen LogP contribution in [0.3, 0.4) is 0 Å². The molecule has 22 heavy (non-hydrogen) atoms. The lowest BCUT2D eigenvalue weighted by molar-refractivity contribution is -0.117. The highest BCUT2D eigenvalue weighted by Gasteiger charge is 2.06. The third-order valence-electron chi connectivity index (χ3n) is 3.60. The Morgan fingerprint density at radius 1 is 1.14 bits per heavy atom. The molecule has 0 fully saturated rings. The molecule has 0 unspecified atom stereocenters. The molecule has 0 amide bonds. The minimum absolute atomic E-state index is 0.195. The number of carbonyl (C=O) groups excluding carboxylic acids is 1. The van der Waals surface area contributed by atoms with E-state index in [1.165, 1.54) is 12.1 Å². The number of nitrogens with one attached hydrogen (secondary N) is 1. The number of benzene rings is 2. The van der Waals surface area contributed by atoms with Crippen molar-refractivity contribution in [3.63, 3.8) is 0 Å². The van der Waals surface area contributed by atoms with Crippen LogP contribution in [0, 0.1) is 5.82 Å². The minimum Gasteiger partial charge on any atom is -0.300 e. The second-order valence-corrected chi connectivity index (χ2v) is 5.40. The Labute approximate surface area is 128 Å². The van der Waals surface area contributed by atoms with Gasteiger partial charge in [-0.1, -0.05) is 24.3 Å². The highest BCUT2D eigenvalue weighted by molar-refractivity contribution is 5.75. The van der Waals surface area contributed by atoms with Gasteiger partial charge < -0.3 is 4.79 Å². The van der Waals surface area contributed by atoms with Gasteiger partial charge in [0.2, 0.25) is 0 Å². The number of hydrogen-bond donors (Lipinski definition) is 1. The van der Waals surface area contributed by atoms with Crippen LogP contribution < -0.4 is 0 Å². The fraction of sp³-hybridized carbons (Fsp3) is 0.167. The number of halogens is 1. The van der Waals surface area contributed by atoms with Gasteiger partial charge >= 0.3 is 0 Å². The zero-order valence-electron chi connectivity index (χ0n) is 12.3. The van der Waals surface area contributed by atoms with Crippen molar-refractivity contribution >= 4 is 5.78 Å². The van der Waals surface area contributed by atoms with E-state index in [4.69, 9.17) is 0 Å². The van der Waals surface area contributed by atoms with Gasteiger partial charge in [0.15, 0.2) is 0 Å². The molecule has 0 bridgehead atoms. The van der Waals surface area contributed by atoms with Crippen molar-refractivity contribution in [3.8, 4) is 16.8 Å². The maximum Gasteiger partial charge on any atom is 0.130 e. The van der Waals surface area contributed by atoms with E-state index >= 15 is 0 Å². The van der Waals surface area contributed by atoms with E-state index in [0.29, 0.717) is 6.42 Å². The molecule has 1 N–H and O–H groups in total. The highest BCUT2D eigenvalue weighted by atomic mass is 19.1. The Bertz CT molecular complexity index is 772. The van der Waals surface area contributed by atoms with E-state index in [0.717, 1.165) is 28.9 Å². The van der Waals surface area contributed by atoms with E-state index in [9.17, 15) is 9.18 Å². The maximum absolute atomic E-state index is 13.2. The van der Waals surface area contributed by atoms with Gasteiger partial charge in [-0.3, -0.25) is 9.78 Å². The van der Waals surface area contributed by atoms with Crippen molar-refractivity contribution < 1.29 is 9.18 Å². The first-order valence-corrected chi connectivity index (χ1v) is 7.24. The summed E-state index contributed by atoms with van der Waals surface area (Å²) in [5.74, 6) is -0.0374. The normalized spacial score (nSPS) is 10.8. The molecule has 0 saturated heterocycles. The first-order valence-electron chi connectivity index (χ1n) is 7.24. The number of H-pyrrole nitrogens is 1. The molecule has 2 aromatic carbocycles. The van der Waals surface area contributed by atoms with E-state index in [2.05, 4.69) is 5.10 Å². The fourth-order valence-electron chi connectivity index (χ4n) is 2.36. The summed E-state index contributed by atoms with van der Waals surface area (Å²) in [6.07, 6.45) is 3.29. The molecule has 4 heteroatoms. The Hall–Kier alpha value is -2.62. The average Bonchev–Trinajstić information content (AvgIpc) is 2.46. The summed E-state index contributed by atoms with van der Waals surface area (Å²) in [5, 5.41) is 3.20. The van der Waals surface area contributed by atoms with Crippen LogP contribution in [0.15, 0.2) is 54.7 Å². The lowest BCUT2D eigenvalue weighted by Gasteiger charge is -2.16. The molecule has 1 heterocycles. The molecule has 3 rings (SSSR count). The molecular formula is C18H17FN2O. The minimum atomic E-state index is -0.232. The van der Waals surface area contributed by atoms with Crippen LogP contribution in [-0.2, 0) is 11.2 Å². The summed E-state index contributed by atoms with van der Waals surface area (Å²) in [5.41, 5.74) is 3.90. The van der Waals surface area contributed by atoms with E-state index < -0.39 is 0 Å². The second kappa shape index (κ2) is 6.02. The van der Waals surface area contributed by atoms with Crippen LogP contribution in [0.1, 0.15) is 19.0 Å². The lowest BCUT2D eigenvalue weighted by atomic mass is 10.1. The summed E-state index contributed by atoms with van der Waals surface area (Å²) >= 11 is 0. The standard InChI is InChI=1S/C18H17FN2O/c1-13(22)5-8-17-12-21(20-17)18-9-6-14(7-10-18)15-3-2-4-16(19)11-15/h2-4,6-7,9-12,20H,5,8H2,1H3. The van der Waals surface area contributed by atoms with Gasteiger partial charge in [0.25, 0.3) is 0 Å². The number of ketones is 1. The van der Waals surface area contributed by atoms with Gasteiger partial charge in [0.1, 0.15) is 11.6 Å². The predicted molar refractivity (Wildman–Crippen MR) is 84.5 cm³/mol. The van der Waals surface area contributed by atoms with Gasteiger partial charge in [0.05, 0.1) is 11.4 Å². The quantitative estimate of drug-likeness (QED) is 0.755. The summed E-state index contributed by atoms with van der Waals surface area (Å²) in [7, 11) is 0. The predicted octanol–water partition coefficient (Wildman–Crippen LogP) is 4.13. The van der Waals surface area contributed by atoms with Crippen molar-refractivity contribution in [3.05, 3.63) is 66.2 Å². The van der Waals surface area contributed by atoms with Crippen LogP contribution in [0.2, 0.25) is 0 Å². The van der Waals surface area contributed by atoms with Crippen LogP contribution in [0.4, 0.5) is 4.39 Å². The third-order valence-corrected chi connectivity index (χ3v) is 3.60. The lowest BCUT2D eigenvalue weighted by Crippen LogP contribution is -2.11. The fourth-order valence-corrected chi connectivity index (χ4v) is 2.36. The summed E-state index contributed by atoms with van der Waals surface area (Å²) in [6.45, 7) is 1.60. The molecule has 3 aromatic rings. The molecule has 0 spiro atoms. The van der Waals surface area contributed by atoms with E-state index in [1.807, 2.05) is 41.2 Å². The first-order chi connectivity index (χ1) is 10.6. The molecule has 0 aliphatic rings. The second-order valence-electron chi connectivity index (χ2n) is 5.40. The zero-order chi connectivity index (χ0) is 15.5. The van der Waals surface area contributed by atoms with Gasteiger partial charge in [-0.15, -0.1) is 0 Å². The van der Waals surface area contributed by atoms with Crippen molar-refractivity contribution in [2.24, 2.45) is 0 Å². The van der Waals surface area contributed by atoms with Crippen LogP contribution in [0.5, 0.6) is 0 Å². The van der Waals surface area contributed by atoms with E-state index in [1.54, 1.807) is 13.0 Å². The number of rotatable bonds is 5. The van der Waals surface area contributed by atoms with Crippen molar-refractivity contribution in [2.45, 2.75) is 19.8 Å². The molecule has 112 valence electrons. The smallest absolute Gasteiger partial charge is 0.130 e. The molecule has 1 aromatic heterocycles. The first kappa shape index (κ1) is 14.3. The van der Waals surface area contributed by atoms with Crippen molar-refractivity contribution in [1.82, 2.24) is 9.78 Å². The highest BCUT2D eigenvalue weighted by Crippen LogP contribution is 2.22. The molecule has 0 aliphatic heterocycles. The Balaban J connectivity index is 1.72. The van der Waals surface area contributed by atoms with E-state index in [-0.39, 0.29) is 11.6 Å². The van der Waals surface area contributed by atoms with Crippen molar-refractivity contribution in [1.29, 1.82) is 0 Å². The Morgan fingerprint density at radius 3 is 2.50 bits per heavy atom. The molecule has 0 atom stereocenters. The largest absolute Gasteiger partial charge is 0.300 e. The number of nitrogens with zero attached hydrogens (tertiary/aromatic N) is 1. The number of aromatic amines is 1.